The zero-order valence-electron chi connectivity index (χ0n) is 30.5. The quantitative estimate of drug-likeness (QED) is 0.0431. The highest BCUT2D eigenvalue weighted by molar-refractivity contribution is 5.69. The third-order valence-corrected chi connectivity index (χ3v) is 8.51. The first kappa shape index (κ1) is 43.4. The third kappa shape index (κ3) is 36.7. The molecule has 3 nitrogen and oxygen atoms in total. The lowest BCUT2D eigenvalue weighted by atomic mass is 10.0. The van der Waals surface area contributed by atoms with Crippen molar-refractivity contribution in [2.45, 2.75) is 200 Å². The van der Waals surface area contributed by atoms with Crippen LogP contribution in [0.2, 0.25) is 0 Å². The van der Waals surface area contributed by atoms with Gasteiger partial charge >= 0.3 is 5.97 Å². The van der Waals surface area contributed by atoms with Crippen LogP contribution < -0.4 is 5.32 Å². The van der Waals surface area contributed by atoms with Gasteiger partial charge in [0.2, 0.25) is 0 Å². The Kier molecular flexibility index (Phi) is 37.2. The molecule has 0 aromatic carbocycles. The molecule has 1 N–H and O–H groups in total. The van der Waals surface area contributed by atoms with Crippen molar-refractivity contribution < 1.29 is 9.53 Å². The first-order valence-electron chi connectivity index (χ1n) is 19.7. The lowest BCUT2D eigenvalue weighted by Gasteiger charge is -2.18. The van der Waals surface area contributed by atoms with Crippen molar-refractivity contribution in [3.8, 4) is 0 Å². The molecule has 3 heteroatoms. The fourth-order valence-corrected chi connectivity index (χ4v) is 5.59. The van der Waals surface area contributed by atoms with Gasteiger partial charge in [0.05, 0.1) is 6.42 Å². The van der Waals surface area contributed by atoms with Crippen molar-refractivity contribution in [3.63, 3.8) is 0 Å². The van der Waals surface area contributed by atoms with Crippen molar-refractivity contribution in [2.75, 3.05) is 13.1 Å². The molecular formula is C42H77NO2. The van der Waals surface area contributed by atoms with Crippen LogP contribution in [-0.2, 0) is 9.53 Å². The Hall–Kier alpha value is -1.61. The van der Waals surface area contributed by atoms with Gasteiger partial charge in [0.25, 0.3) is 0 Å². The highest BCUT2D eigenvalue weighted by Crippen LogP contribution is 2.18. The maximum absolute atomic E-state index is 12.4. The minimum absolute atomic E-state index is 0.0268. The predicted molar refractivity (Wildman–Crippen MR) is 201 cm³/mol. The Bertz CT molecular complexity index is 659. The number of carbonyl (C=O) groups is 1. The Morgan fingerprint density at radius 1 is 0.511 bits per heavy atom. The molecular weight excluding hydrogens is 550 g/mol. The Labute approximate surface area is 282 Å². The summed E-state index contributed by atoms with van der Waals surface area (Å²) in [4.78, 5) is 12.4. The van der Waals surface area contributed by atoms with Crippen LogP contribution in [0.25, 0.3) is 0 Å². The van der Waals surface area contributed by atoms with E-state index in [1.54, 1.807) is 0 Å². The summed E-state index contributed by atoms with van der Waals surface area (Å²) in [6, 6.07) is 0. The Morgan fingerprint density at radius 2 is 0.889 bits per heavy atom. The van der Waals surface area contributed by atoms with Gasteiger partial charge in [-0.3, -0.25) is 4.79 Å². The summed E-state index contributed by atoms with van der Waals surface area (Å²) in [5.74, 6) is -0.0268. The zero-order valence-corrected chi connectivity index (χ0v) is 30.5. The van der Waals surface area contributed by atoms with Crippen LogP contribution in [0, 0.1) is 0 Å². The van der Waals surface area contributed by atoms with Crippen molar-refractivity contribution in [1.29, 1.82) is 0 Å². The molecule has 0 aromatic rings. The number of unbranched alkanes of at least 4 members (excludes halogenated alkanes) is 18. The molecule has 0 aliphatic carbocycles. The highest BCUT2D eigenvalue weighted by atomic mass is 16.5. The first-order valence-corrected chi connectivity index (χ1v) is 19.7. The second-order valence-corrected chi connectivity index (χ2v) is 13.0. The molecule has 0 saturated heterocycles. The van der Waals surface area contributed by atoms with Gasteiger partial charge in [-0.05, 0) is 96.4 Å². The average molecular weight is 628 g/mol. The van der Waals surface area contributed by atoms with Gasteiger partial charge in [-0.25, -0.2) is 0 Å². The van der Waals surface area contributed by atoms with Gasteiger partial charge < -0.3 is 10.1 Å². The number of ether oxygens (including phenoxy) is 1. The highest BCUT2D eigenvalue weighted by Gasteiger charge is 2.14. The standard InChI is InChI=1S/C42H77NO2/c1-4-7-9-11-13-15-17-19-21-23-25-27-29-31-33-35-37-41(45-42(44)39-40-43-6-3)38-36-34-32-30-28-26-24-22-20-18-16-14-12-10-8-5-2/h13-16,19-22,41,43H,4-12,17-18,23-40H2,1-3H3. The van der Waals surface area contributed by atoms with E-state index in [9.17, 15) is 4.79 Å². The molecule has 0 unspecified atom stereocenters. The van der Waals surface area contributed by atoms with Crippen LogP contribution in [0.5, 0.6) is 0 Å². The molecule has 0 aliphatic heterocycles. The summed E-state index contributed by atoms with van der Waals surface area (Å²) >= 11 is 0. The molecule has 0 rings (SSSR count). The summed E-state index contributed by atoms with van der Waals surface area (Å²) in [5, 5.41) is 3.24. The third-order valence-electron chi connectivity index (χ3n) is 8.51. The molecule has 0 aliphatic rings. The normalized spacial score (nSPS) is 12.9. The summed E-state index contributed by atoms with van der Waals surface area (Å²) < 4.78 is 5.94. The van der Waals surface area contributed by atoms with Crippen molar-refractivity contribution in [2.24, 2.45) is 0 Å². The first-order chi connectivity index (χ1) is 22.2. The van der Waals surface area contributed by atoms with E-state index in [4.69, 9.17) is 4.74 Å². The molecule has 0 fully saturated rings. The fourth-order valence-electron chi connectivity index (χ4n) is 5.59. The minimum Gasteiger partial charge on any atom is -0.462 e. The second-order valence-electron chi connectivity index (χ2n) is 13.0. The van der Waals surface area contributed by atoms with E-state index >= 15 is 0 Å². The summed E-state index contributed by atoms with van der Waals surface area (Å²) in [7, 11) is 0. The van der Waals surface area contributed by atoms with E-state index in [0.717, 1.165) is 38.8 Å². The number of hydrogen-bond acceptors (Lipinski definition) is 3. The number of nitrogens with one attached hydrogen (secondary N) is 1. The van der Waals surface area contributed by atoms with E-state index in [2.05, 4.69) is 74.7 Å². The van der Waals surface area contributed by atoms with Gasteiger partial charge in [0.15, 0.2) is 0 Å². The van der Waals surface area contributed by atoms with Gasteiger partial charge in [-0.15, -0.1) is 0 Å². The van der Waals surface area contributed by atoms with E-state index < -0.39 is 0 Å². The molecule has 0 saturated carbocycles. The lowest BCUT2D eigenvalue weighted by molar-refractivity contribution is -0.149. The van der Waals surface area contributed by atoms with Crippen LogP contribution in [0.1, 0.15) is 194 Å². The van der Waals surface area contributed by atoms with Gasteiger partial charge in [0.1, 0.15) is 6.10 Å². The monoisotopic (exact) mass is 628 g/mol. The molecule has 0 radical (unpaired) electrons. The van der Waals surface area contributed by atoms with Crippen LogP contribution in [0.3, 0.4) is 0 Å². The van der Waals surface area contributed by atoms with Crippen molar-refractivity contribution in [3.05, 3.63) is 48.6 Å². The fraction of sp³-hybridized carbons (Fsp3) is 0.786. The Morgan fingerprint density at radius 3 is 1.29 bits per heavy atom. The number of carbonyl (C=O) groups excluding carboxylic acids is 1. The maximum Gasteiger partial charge on any atom is 0.307 e. The number of hydrogen-bond donors (Lipinski definition) is 1. The SMILES string of the molecule is CCCCCC=CCC=CCCCCCCCCC(CCCCCCCCC=CCC=CCCCCC)OC(=O)CCNCC. The van der Waals surface area contributed by atoms with Gasteiger partial charge in [-0.2, -0.15) is 0 Å². The predicted octanol–water partition coefficient (Wildman–Crippen LogP) is 13.3. The van der Waals surface area contributed by atoms with Crippen LogP contribution in [0.15, 0.2) is 48.6 Å². The topological polar surface area (TPSA) is 38.3 Å². The minimum atomic E-state index is -0.0268. The molecule has 0 amide bonds. The van der Waals surface area contributed by atoms with Crippen molar-refractivity contribution in [1.82, 2.24) is 5.32 Å². The van der Waals surface area contributed by atoms with Crippen LogP contribution in [-0.4, -0.2) is 25.2 Å². The summed E-state index contributed by atoms with van der Waals surface area (Å²) in [6.07, 6.45) is 51.7. The smallest absolute Gasteiger partial charge is 0.307 e. The second kappa shape index (κ2) is 38.6. The van der Waals surface area contributed by atoms with E-state index in [1.165, 1.54) is 141 Å². The van der Waals surface area contributed by atoms with Crippen LogP contribution >= 0.6 is 0 Å². The maximum atomic E-state index is 12.4. The molecule has 45 heavy (non-hydrogen) atoms. The Balaban J connectivity index is 3.95. The van der Waals surface area contributed by atoms with Gasteiger partial charge in [-0.1, -0.05) is 146 Å². The molecule has 0 atom stereocenters. The van der Waals surface area contributed by atoms with E-state index in [0.29, 0.717) is 6.42 Å². The lowest BCUT2D eigenvalue weighted by Crippen LogP contribution is -2.23. The van der Waals surface area contributed by atoms with Crippen molar-refractivity contribution >= 4 is 5.97 Å². The molecule has 0 heterocycles. The number of allylic oxidation sites excluding steroid dienone is 8. The molecule has 0 bridgehead atoms. The van der Waals surface area contributed by atoms with E-state index in [-0.39, 0.29) is 12.1 Å². The summed E-state index contributed by atoms with van der Waals surface area (Å²) in [6.45, 7) is 8.21. The zero-order chi connectivity index (χ0) is 32.7. The summed E-state index contributed by atoms with van der Waals surface area (Å²) in [5.41, 5.74) is 0. The molecule has 262 valence electrons. The average Bonchev–Trinajstić information content (AvgIpc) is 3.04. The molecule has 0 aromatic heterocycles. The number of rotatable bonds is 35. The largest absolute Gasteiger partial charge is 0.462 e. The van der Waals surface area contributed by atoms with Crippen LogP contribution in [0.4, 0.5) is 0 Å². The van der Waals surface area contributed by atoms with Gasteiger partial charge in [0, 0.05) is 6.54 Å². The molecule has 0 spiro atoms. The number of esters is 1. The van der Waals surface area contributed by atoms with E-state index in [1.807, 2.05) is 0 Å².